The monoisotopic (exact) mass is 266 g/mol. The van der Waals surface area contributed by atoms with E-state index in [1.54, 1.807) is 25.1 Å². The van der Waals surface area contributed by atoms with Crippen LogP contribution in [0.15, 0.2) is 18.2 Å². The lowest BCUT2D eigenvalue weighted by molar-refractivity contribution is 0.0599. The van der Waals surface area contributed by atoms with Gasteiger partial charge in [0.25, 0.3) is 0 Å². The molecule has 1 aliphatic carbocycles. The number of rotatable bonds is 6. The van der Waals surface area contributed by atoms with Gasteiger partial charge in [0.15, 0.2) is 11.5 Å². The van der Waals surface area contributed by atoms with E-state index in [1.807, 2.05) is 0 Å². The molecule has 1 atom stereocenters. The number of esters is 1. The summed E-state index contributed by atoms with van der Waals surface area (Å²) in [7, 11) is 1.33. The van der Waals surface area contributed by atoms with E-state index < -0.39 is 12.1 Å². The van der Waals surface area contributed by atoms with E-state index in [-0.39, 0.29) is 12.7 Å². The number of hydrogen-bond donors (Lipinski definition) is 1. The lowest BCUT2D eigenvalue weighted by Crippen LogP contribution is -2.14. The predicted octanol–water partition coefficient (Wildman–Crippen LogP) is 1.77. The molecule has 0 spiro atoms. The molecule has 1 aromatic rings. The lowest BCUT2D eigenvalue weighted by atomic mass is 10.2. The van der Waals surface area contributed by atoms with Crippen LogP contribution in [0, 0.1) is 0 Å². The number of benzene rings is 1. The van der Waals surface area contributed by atoms with Crippen molar-refractivity contribution in [1.29, 1.82) is 0 Å². The molecule has 0 aromatic heterocycles. The summed E-state index contributed by atoms with van der Waals surface area (Å²) in [6.07, 6.45) is 1.66. The highest BCUT2D eigenvalue weighted by atomic mass is 16.5. The van der Waals surface area contributed by atoms with Crippen molar-refractivity contribution in [2.75, 3.05) is 13.7 Å². The van der Waals surface area contributed by atoms with Crippen LogP contribution in [0.5, 0.6) is 11.5 Å². The minimum atomic E-state index is -0.561. The largest absolute Gasteiger partial charge is 0.487 e. The standard InChI is InChI=1S/C14H18O5/c1-9(15)8-18-12-6-3-10(14(16)17-2)7-13(12)19-11-4-5-11/h3,6-7,9,11,15H,4-5,8H2,1-2H3/t9-/m1/s1. The smallest absolute Gasteiger partial charge is 0.337 e. The summed E-state index contributed by atoms with van der Waals surface area (Å²) >= 11 is 0. The fourth-order valence-electron chi connectivity index (χ4n) is 1.54. The van der Waals surface area contributed by atoms with Gasteiger partial charge in [-0.15, -0.1) is 0 Å². The molecular weight excluding hydrogens is 248 g/mol. The minimum absolute atomic E-state index is 0.179. The fourth-order valence-corrected chi connectivity index (χ4v) is 1.54. The predicted molar refractivity (Wildman–Crippen MR) is 68.6 cm³/mol. The van der Waals surface area contributed by atoms with E-state index in [0.717, 1.165) is 12.8 Å². The Balaban J connectivity index is 2.17. The third kappa shape index (κ3) is 3.86. The van der Waals surface area contributed by atoms with Crippen molar-refractivity contribution in [1.82, 2.24) is 0 Å². The zero-order valence-electron chi connectivity index (χ0n) is 11.1. The van der Waals surface area contributed by atoms with Crippen molar-refractivity contribution in [3.8, 4) is 11.5 Å². The number of carbonyl (C=O) groups is 1. The molecule has 0 bridgehead atoms. The van der Waals surface area contributed by atoms with Gasteiger partial charge in [-0.1, -0.05) is 0 Å². The molecule has 1 N–H and O–H groups in total. The van der Waals surface area contributed by atoms with Crippen LogP contribution in [0.3, 0.4) is 0 Å². The van der Waals surface area contributed by atoms with Crippen molar-refractivity contribution in [3.05, 3.63) is 23.8 Å². The topological polar surface area (TPSA) is 65.0 Å². The molecule has 1 aromatic carbocycles. The Hall–Kier alpha value is -1.75. The molecule has 19 heavy (non-hydrogen) atoms. The van der Waals surface area contributed by atoms with Crippen molar-refractivity contribution in [3.63, 3.8) is 0 Å². The molecule has 104 valence electrons. The Morgan fingerprint density at radius 3 is 2.74 bits per heavy atom. The van der Waals surface area contributed by atoms with Gasteiger partial charge in [-0.3, -0.25) is 0 Å². The molecule has 0 unspecified atom stereocenters. The van der Waals surface area contributed by atoms with Gasteiger partial charge in [-0.25, -0.2) is 4.79 Å². The normalized spacial score (nSPS) is 15.7. The summed E-state index contributed by atoms with van der Waals surface area (Å²) in [5.41, 5.74) is 0.419. The number of methoxy groups -OCH3 is 1. The van der Waals surface area contributed by atoms with Crippen LogP contribution >= 0.6 is 0 Å². The van der Waals surface area contributed by atoms with E-state index in [4.69, 9.17) is 9.47 Å². The van der Waals surface area contributed by atoms with Crippen molar-refractivity contribution < 1.29 is 24.1 Å². The van der Waals surface area contributed by atoms with Gasteiger partial charge in [0.2, 0.25) is 0 Å². The van der Waals surface area contributed by atoms with E-state index in [9.17, 15) is 9.90 Å². The van der Waals surface area contributed by atoms with Crippen LogP contribution in [0.25, 0.3) is 0 Å². The van der Waals surface area contributed by atoms with Crippen LogP contribution in [0.2, 0.25) is 0 Å². The van der Waals surface area contributed by atoms with E-state index in [2.05, 4.69) is 4.74 Å². The minimum Gasteiger partial charge on any atom is -0.487 e. The van der Waals surface area contributed by atoms with Gasteiger partial charge < -0.3 is 19.3 Å². The van der Waals surface area contributed by atoms with Crippen LogP contribution < -0.4 is 9.47 Å². The molecule has 0 heterocycles. The summed E-state index contributed by atoms with van der Waals surface area (Å²) < 4.78 is 15.9. The third-order valence-corrected chi connectivity index (χ3v) is 2.66. The second-order valence-corrected chi connectivity index (χ2v) is 4.63. The van der Waals surface area contributed by atoms with Gasteiger partial charge >= 0.3 is 5.97 Å². The zero-order valence-corrected chi connectivity index (χ0v) is 11.1. The maximum absolute atomic E-state index is 11.5. The number of ether oxygens (including phenoxy) is 3. The maximum atomic E-state index is 11.5. The van der Waals surface area contributed by atoms with Gasteiger partial charge in [0.05, 0.1) is 24.9 Å². The van der Waals surface area contributed by atoms with Crippen molar-refractivity contribution in [2.24, 2.45) is 0 Å². The highest BCUT2D eigenvalue weighted by Crippen LogP contribution is 2.34. The number of aliphatic hydroxyl groups is 1. The Morgan fingerprint density at radius 2 is 2.16 bits per heavy atom. The number of aliphatic hydroxyl groups excluding tert-OH is 1. The van der Waals surface area contributed by atoms with E-state index in [1.165, 1.54) is 7.11 Å². The molecule has 2 rings (SSSR count). The average molecular weight is 266 g/mol. The zero-order chi connectivity index (χ0) is 13.8. The molecule has 1 fully saturated rings. The highest BCUT2D eigenvalue weighted by molar-refractivity contribution is 5.90. The summed E-state index contributed by atoms with van der Waals surface area (Å²) in [6.45, 7) is 1.82. The lowest BCUT2D eigenvalue weighted by Gasteiger charge is -2.14. The van der Waals surface area contributed by atoms with Crippen LogP contribution in [-0.4, -0.2) is 37.0 Å². The number of hydrogen-bond acceptors (Lipinski definition) is 5. The van der Waals surface area contributed by atoms with Gasteiger partial charge in [-0.2, -0.15) is 0 Å². The summed E-state index contributed by atoms with van der Waals surface area (Å²) in [5.74, 6) is 0.634. The molecule has 0 saturated heterocycles. The first-order valence-corrected chi connectivity index (χ1v) is 6.30. The second kappa shape index (κ2) is 5.93. The fraction of sp³-hybridized carbons (Fsp3) is 0.500. The summed E-state index contributed by atoms with van der Waals surface area (Å²) in [4.78, 5) is 11.5. The quantitative estimate of drug-likeness (QED) is 0.795. The molecular formula is C14H18O5. The van der Waals surface area contributed by atoms with Crippen molar-refractivity contribution >= 4 is 5.97 Å². The maximum Gasteiger partial charge on any atom is 0.337 e. The van der Waals surface area contributed by atoms with Gasteiger partial charge in [0, 0.05) is 0 Å². The Bertz CT molecular complexity index is 451. The SMILES string of the molecule is COC(=O)c1ccc(OC[C@@H](C)O)c(OC2CC2)c1. The first-order valence-electron chi connectivity index (χ1n) is 6.30. The Morgan fingerprint density at radius 1 is 1.42 bits per heavy atom. The van der Waals surface area contributed by atoms with Crippen LogP contribution in [0.1, 0.15) is 30.1 Å². The molecule has 0 radical (unpaired) electrons. The molecule has 0 amide bonds. The first kappa shape index (κ1) is 13.7. The van der Waals surface area contributed by atoms with Crippen LogP contribution in [-0.2, 0) is 4.74 Å². The number of carbonyl (C=O) groups excluding carboxylic acids is 1. The van der Waals surface area contributed by atoms with Gasteiger partial charge in [0.1, 0.15) is 6.61 Å². The molecule has 5 heteroatoms. The van der Waals surface area contributed by atoms with E-state index in [0.29, 0.717) is 17.1 Å². The Labute approximate surface area is 112 Å². The van der Waals surface area contributed by atoms with Crippen LogP contribution in [0.4, 0.5) is 0 Å². The molecule has 1 saturated carbocycles. The summed E-state index contributed by atoms with van der Waals surface area (Å²) in [6, 6.07) is 4.89. The van der Waals surface area contributed by atoms with Crippen molar-refractivity contribution in [2.45, 2.75) is 32.0 Å². The Kier molecular flexibility index (Phi) is 4.27. The first-order chi connectivity index (χ1) is 9.10. The van der Waals surface area contributed by atoms with E-state index >= 15 is 0 Å². The molecule has 0 aliphatic heterocycles. The third-order valence-electron chi connectivity index (χ3n) is 2.66. The summed E-state index contributed by atoms with van der Waals surface area (Å²) in [5, 5.41) is 9.24. The highest BCUT2D eigenvalue weighted by Gasteiger charge is 2.25. The average Bonchev–Trinajstić information content (AvgIpc) is 3.20. The van der Waals surface area contributed by atoms with Gasteiger partial charge in [-0.05, 0) is 38.0 Å². The second-order valence-electron chi connectivity index (χ2n) is 4.63. The molecule has 5 nitrogen and oxygen atoms in total. The molecule has 1 aliphatic rings.